The minimum Gasteiger partial charge on any atom is -0.461 e. The summed E-state index contributed by atoms with van der Waals surface area (Å²) in [6.07, 6.45) is 7.07. The number of nitrogens with zero attached hydrogens (tertiary/aromatic N) is 3. The molecule has 5 rings (SSSR count). The molecule has 0 spiro atoms. The van der Waals surface area contributed by atoms with Gasteiger partial charge in [-0.25, -0.2) is 0 Å². The van der Waals surface area contributed by atoms with Crippen molar-refractivity contribution in [3.05, 3.63) is 76.9 Å². The van der Waals surface area contributed by atoms with Gasteiger partial charge in [0.15, 0.2) is 11.5 Å². The van der Waals surface area contributed by atoms with Gasteiger partial charge in [0.1, 0.15) is 0 Å². The third-order valence-electron chi connectivity index (χ3n) is 5.59. The van der Waals surface area contributed by atoms with Gasteiger partial charge in [0, 0.05) is 23.2 Å². The van der Waals surface area contributed by atoms with Crippen LogP contribution in [0, 0.1) is 0 Å². The normalized spacial score (nSPS) is 16.4. The minimum atomic E-state index is -0.371. The second-order valence-corrected chi connectivity index (χ2v) is 7.88. The van der Waals surface area contributed by atoms with E-state index in [-0.39, 0.29) is 17.6 Å². The van der Waals surface area contributed by atoms with Gasteiger partial charge in [0.05, 0.1) is 24.2 Å². The molecule has 1 aliphatic carbocycles. The first-order valence-electron chi connectivity index (χ1n) is 9.73. The Balaban J connectivity index is 1.29. The van der Waals surface area contributed by atoms with Crippen LogP contribution in [-0.2, 0) is 6.42 Å². The molecule has 0 fully saturated rings. The number of nitrogens with one attached hydrogen (secondary N) is 1. The van der Waals surface area contributed by atoms with Crippen molar-refractivity contribution in [1.29, 1.82) is 0 Å². The van der Waals surface area contributed by atoms with E-state index in [0.29, 0.717) is 23.1 Å². The van der Waals surface area contributed by atoms with E-state index >= 15 is 0 Å². The van der Waals surface area contributed by atoms with E-state index in [0.717, 1.165) is 17.9 Å². The molecule has 4 aromatic rings. The Morgan fingerprint density at radius 3 is 3.03 bits per heavy atom. The van der Waals surface area contributed by atoms with E-state index in [1.165, 1.54) is 17.4 Å². The summed E-state index contributed by atoms with van der Waals surface area (Å²) in [5, 5.41) is 11.9. The number of anilines is 1. The van der Waals surface area contributed by atoms with Gasteiger partial charge in [-0.05, 0) is 55.2 Å². The molecule has 0 bridgehead atoms. The lowest BCUT2D eigenvalue weighted by Crippen LogP contribution is -2.14. The second-order valence-electron chi connectivity index (χ2n) is 7.45. The molecule has 3 aromatic heterocycles. The summed E-state index contributed by atoms with van der Waals surface area (Å²) in [6.45, 7) is 2.14. The highest BCUT2D eigenvalue weighted by Gasteiger charge is 2.29. The predicted molar refractivity (Wildman–Crippen MR) is 112 cm³/mol. The molecular weight excluding hydrogens is 404 g/mol. The number of benzene rings is 1. The van der Waals surface area contributed by atoms with Crippen molar-refractivity contribution >= 4 is 23.2 Å². The molecule has 0 aliphatic heterocycles. The van der Waals surface area contributed by atoms with E-state index in [4.69, 9.17) is 20.5 Å². The Labute approximate surface area is 177 Å². The first-order valence-corrected chi connectivity index (χ1v) is 10.1. The van der Waals surface area contributed by atoms with Crippen LogP contribution in [0.3, 0.4) is 0 Å². The molecule has 1 aliphatic rings. The standard InChI is InChI=1S/C22H19ClN4O3/c1-13(17-6-4-14-9-15(23)5-7-18(14)17)27-12-16(11-24-27)25-22(28)19-10-21(30-26-19)20-3-2-8-29-20/h2-3,5,7-13,17H,4,6H2,1H3,(H,25,28). The number of fused-ring (bicyclic) bond motifs is 1. The summed E-state index contributed by atoms with van der Waals surface area (Å²) < 4.78 is 12.3. The number of amides is 1. The Kier molecular flexibility index (Phi) is 4.67. The van der Waals surface area contributed by atoms with E-state index < -0.39 is 0 Å². The molecule has 0 saturated carbocycles. The smallest absolute Gasteiger partial charge is 0.277 e. The number of furan rings is 1. The number of aryl methyl sites for hydroxylation is 1. The van der Waals surface area contributed by atoms with Crippen molar-refractivity contribution in [2.24, 2.45) is 0 Å². The van der Waals surface area contributed by atoms with Crippen molar-refractivity contribution in [3.8, 4) is 11.5 Å². The molecule has 30 heavy (non-hydrogen) atoms. The van der Waals surface area contributed by atoms with E-state index in [2.05, 4.69) is 28.6 Å². The van der Waals surface area contributed by atoms with Crippen LogP contribution in [0.1, 0.15) is 46.9 Å². The number of halogens is 1. The van der Waals surface area contributed by atoms with Crippen LogP contribution in [0.5, 0.6) is 0 Å². The molecule has 2 unspecified atom stereocenters. The largest absolute Gasteiger partial charge is 0.461 e. The Hall–Kier alpha value is -3.32. The average molecular weight is 423 g/mol. The number of rotatable bonds is 5. The quantitative estimate of drug-likeness (QED) is 0.470. The van der Waals surface area contributed by atoms with Crippen LogP contribution in [0.4, 0.5) is 5.69 Å². The number of aromatic nitrogens is 3. The monoisotopic (exact) mass is 422 g/mol. The van der Waals surface area contributed by atoms with Crippen molar-refractivity contribution in [3.63, 3.8) is 0 Å². The average Bonchev–Trinajstić information content (AvgIpc) is 3.53. The first kappa shape index (κ1) is 18.7. The lowest BCUT2D eigenvalue weighted by atomic mass is 9.94. The van der Waals surface area contributed by atoms with Crippen molar-refractivity contribution in [1.82, 2.24) is 14.9 Å². The highest BCUT2D eigenvalue weighted by molar-refractivity contribution is 6.30. The second kappa shape index (κ2) is 7.50. The summed E-state index contributed by atoms with van der Waals surface area (Å²) in [4.78, 5) is 12.5. The van der Waals surface area contributed by atoms with Gasteiger partial charge >= 0.3 is 0 Å². The SMILES string of the molecule is CC(C1CCc2cc(Cl)ccc21)n1cc(NC(=O)c2cc(-c3ccco3)on2)cn1. The molecule has 8 heteroatoms. The number of hydrogen-bond donors (Lipinski definition) is 1. The lowest BCUT2D eigenvalue weighted by Gasteiger charge is -2.21. The maximum atomic E-state index is 12.5. The van der Waals surface area contributed by atoms with Crippen molar-refractivity contribution in [2.45, 2.75) is 31.7 Å². The fraction of sp³-hybridized carbons (Fsp3) is 0.227. The predicted octanol–water partition coefficient (Wildman–Crippen LogP) is 5.33. The summed E-state index contributed by atoms with van der Waals surface area (Å²) in [5.74, 6) is 0.896. The van der Waals surface area contributed by atoms with Gasteiger partial charge in [-0.15, -0.1) is 0 Å². The van der Waals surface area contributed by atoms with Gasteiger partial charge in [-0.1, -0.05) is 22.8 Å². The summed E-state index contributed by atoms with van der Waals surface area (Å²) in [7, 11) is 0. The van der Waals surface area contributed by atoms with Gasteiger partial charge in [0.2, 0.25) is 5.76 Å². The zero-order chi connectivity index (χ0) is 20.7. The summed E-state index contributed by atoms with van der Waals surface area (Å²) >= 11 is 6.13. The Morgan fingerprint density at radius 1 is 1.30 bits per heavy atom. The van der Waals surface area contributed by atoms with Crippen LogP contribution in [-0.4, -0.2) is 20.8 Å². The highest BCUT2D eigenvalue weighted by atomic mass is 35.5. The van der Waals surface area contributed by atoms with Crippen LogP contribution in [0.2, 0.25) is 5.02 Å². The maximum absolute atomic E-state index is 12.5. The van der Waals surface area contributed by atoms with Gasteiger partial charge in [0.25, 0.3) is 5.91 Å². The Bertz CT molecular complexity index is 1190. The number of hydrogen-bond acceptors (Lipinski definition) is 5. The summed E-state index contributed by atoms with van der Waals surface area (Å²) in [6, 6.07) is 11.3. The van der Waals surface area contributed by atoms with E-state index in [1.807, 2.05) is 23.0 Å². The molecule has 2 atom stereocenters. The van der Waals surface area contributed by atoms with Gasteiger partial charge < -0.3 is 14.3 Å². The lowest BCUT2D eigenvalue weighted by molar-refractivity contribution is 0.101. The molecule has 152 valence electrons. The molecule has 7 nitrogen and oxygen atoms in total. The van der Waals surface area contributed by atoms with Crippen LogP contribution in [0.15, 0.2) is 64.0 Å². The molecule has 0 saturated heterocycles. The molecule has 0 radical (unpaired) electrons. The van der Waals surface area contributed by atoms with Crippen molar-refractivity contribution in [2.75, 3.05) is 5.32 Å². The Morgan fingerprint density at radius 2 is 2.20 bits per heavy atom. The molecular formula is C22H19ClN4O3. The third-order valence-corrected chi connectivity index (χ3v) is 5.83. The fourth-order valence-electron chi connectivity index (χ4n) is 4.04. The zero-order valence-corrected chi connectivity index (χ0v) is 17.0. The van der Waals surface area contributed by atoms with Crippen LogP contribution in [0.25, 0.3) is 11.5 Å². The van der Waals surface area contributed by atoms with E-state index in [1.54, 1.807) is 24.4 Å². The van der Waals surface area contributed by atoms with Gasteiger partial charge in [-0.2, -0.15) is 5.10 Å². The third kappa shape index (κ3) is 3.41. The minimum absolute atomic E-state index is 0.149. The van der Waals surface area contributed by atoms with Crippen LogP contribution < -0.4 is 5.32 Å². The first-order chi connectivity index (χ1) is 14.6. The zero-order valence-electron chi connectivity index (χ0n) is 16.2. The number of carbonyl (C=O) groups is 1. The molecule has 1 aromatic carbocycles. The highest BCUT2D eigenvalue weighted by Crippen LogP contribution is 2.41. The van der Waals surface area contributed by atoms with Crippen molar-refractivity contribution < 1.29 is 13.7 Å². The van der Waals surface area contributed by atoms with Gasteiger partial charge in [-0.3, -0.25) is 9.48 Å². The maximum Gasteiger partial charge on any atom is 0.277 e. The molecule has 1 N–H and O–H groups in total. The molecule has 3 heterocycles. The topological polar surface area (TPSA) is 86.1 Å². The fourth-order valence-corrected chi connectivity index (χ4v) is 4.24. The summed E-state index contributed by atoms with van der Waals surface area (Å²) in [5.41, 5.74) is 3.40. The van der Waals surface area contributed by atoms with E-state index in [9.17, 15) is 4.79 Å². The van der Waals surface area contributed by atoms with Crippen LogP contribution >= 0.6 is 11.6 Å². The number of carbonyl (C=O) groups excluding carboxylic acids is 1. The molecule has 1 amide bonds.